The highest BCUT2D eigenvalue weighted by Crippen LogP contribution is 2.30. The first-order valence-corrected chi connectivity index (χ1v) is 8.24. The van der Waals surface area contributed by atoms with Gasteiger partial charge >= 0.3 is 0 Å². The van der Waals surface area contributed by atoms with E-state index in [-0.39, 0.29) is 17.9 Å². The van der Waals surface area contributed by atoms with E-state index in [2.05, 4.69) is 0 Å². The lowest BCUT2D eigenvalue weighted by Gasteiger charge is -2.41. The van der Waals surface area contributed by atoms with Crippen molar-refractivity contribution in [3.8, 4) is 0 Å². The van der Waals surface area contributed by atoms with Gasteiger partial charge < -0.3 is 9.80 Å². The molecule has 3 rings (SSSR count). The number of amides is 2. The first-order valence-electron chi connectivity index (χ1n) is 7.87. The van der Waals surface area contributed by atoms with Gasteiger partial charge in [0.25, 0.3) is 5.91 Å². The zero-order chi connectivity index (χ0) is 15.7. The molecule has 0 unspecified atom stereocenters. The van der Waals surface area contributed by atoms with Crippen LogP contribution in [0.2, 0.25) is 5.02 Å². The largest absolute Gasteiger partial charge is 0.342 e. The molecule has 2 heterocycles. The van der Waals surface area contributed by atoms with Gasteiger partial charge in [0.15, 0.2) is 0 Å². The molecule has 2 fully saturated rings. The van der Waals surface area contributed by atoms with Crippen LogP contribution in [0.1, 0.15) is 36.0 Å². The molecule has 2 saturated heterocycles. The highest BCUT2D eigenvalue weighted by atomic mass is 35.5. The average molecular weight is 321 g/mol. The Morgan fingerprint density at radius 1 is 1.23 bits per heavy atom. The van der Waals surface area contributed by atoms with Crippen molar-refractivity contribution in [2.24, 2.45) is 5.92 Å². The van der Waals surface area contributed by atoms with Crippen molar-refractivity contribution in [3.05, 3.63) is 34.9 Å². The number of halogens is 1. The molecule has 2 atom stereocenters. The van der Waals surface area contributed by atoms with E-state index in [1.807, 2.05) is 16.8 Å². The lowest BCUT2D eigenvalue weighted by molar-refractivity contribution is -0.132. The van der Waals surface area contributed by atoms with Crippen LogP contribution < -0.4 is 0 Å². The fraction of sp³-hybridized carbons (Fsp3) is 0.529. The van der Waals surface area contributed by atoms with Crippen LogP contribution in [-0.4, -0.2) is 47.8 Å². The lowest BCUT2D eigenvalue weighted by Crippen LogP contribution is -2.51. The van der Waals surface area contributed by atoms with Gasteiger partial charge in [0.2, 0.25) is 5.91 Å². The van der Waals surface area contributed by atoms with Crippen molar-refractivity contribution in [2.75, 3.05) is 20.1 Å². The smallest absolute Gasteiger partial charge is 0.253 e. The van der Waals surface area contributed by atoms with E-state index in [4.69, 9.17) is 11.6 Å². The predicted molar refractivity (Wildman–Crippen MR) is 85.9 cm³/mol. The van der Waals surface area contributed by atoms with E-state index in [0.717, 1.165) is 25.8 Å². The summed E-state index contributed by atoms with van der Waals surface area (Å²) in [6.45, 7) is 1.45. The van der Waals surface area contributed by atoms with Crippen LogP contribution in [-0.2, 0) is 4.79 Å². The summed E-state index contributed by atoms with van der Waals surface area (Å²) in [5.41, 5.74) is 0.681. The summed E-state index contributed by atoms with van der Waals surface area (Å²) in [7, 11) is 1.90. The Morgan fingerprint density at radius 3 is 2.68 bits per heavy atom. The Labute approximate surface area is 136 Å². The zero-order valence-electron chi connectivity index (χ0n) is 12.8. The Hall–Kier alpha value is -1.55. The van der Waals surface area contributed by atoms with Crippen LogP contribution in [0.5, 0.6) is 0 Å². The number of hydrogen-bond acceptors (Lipinski definition) is 2. The molecule has 0 N–H and O–H groups in total. The Bertz CT molecular complexity index is 573. The number of fused-ring (bicyclic) bond motifs is 1. The molecule has 2 aliphatic rings. The van der Waals surface area contributed by atoms with Gasteiger partial charge in [0, 0.05) is 43.2 Å². The minimum Gasteiger partial charge on any atom is -0.342 e. The van der Waals surface area contributed by atoms with Gasteiger partial charge in [-0.25, -0.2) is 0 Å². The van der Waals surface area contributed by atoms with Gasteiger partial charge in [-0.2, -0.15) is 0 Å². The average Bonchev–Trinajstić information content (AvgIpc) is 2.67. The van der Waals surface area contributed by atoms with Crippen LogP contribution in [0.3, 0.4) is 0 Å². The molecule has 0 radical (unpaired) electrons. The first kappa shape index (κ1) is 15.3. The Morgan fingerprint density at radius 2 is 1.95 bits per heavy atom. The molecule has 0 bridgehead atoms. The van der Waals surface area contributed by atoms with Crippen LogP contribution in [0.15, 0.2) is 24.3 Å². The maximum atomic E-state index is 12.6. The summed E-state index contributed by atoms with van der Waals surface area (Å²) in [5, 5.41) is 0.638. The Kier molecular flexibility index (Phi) is 4.39. The van der Waals surface area contributed by atoms with Crippen LogP contribution >= 0.6 is 11.6 Å². The third kappa shape index (κ3) is 2.98. The van der Waals surface area contributed by atoms with Gasteiger partial charge in [-0.3, -0.25) is 9.59 Å². The molecular formula is C17H21ClN2O2. The van der Waals surface area contributed by atoms with E-state index in [0.29, 0.717) is 29.5 Å². The minimum atomic E-state index is 0.0633. The highest BCUT2D eigenvalue weighted by Gasteiger charge is 2.37. The van der Waals surface area contributed by atoms with Crippen molar-refractivity contribution in [3.63, 3.8) is 0 Å². The molecule has 2 aliphatic heterocycles. The van der Waals surface area contributed by atoms with Crippen molar-refractivity contribution in [2.45, 2.75) is 31.7 Å². The number of piperidine rings is 1. The van der Waals surface area contributed by atoms with Gasteiger partial charge in [-0.1, -0.05) is 11.6 Å². The molecule has 0 aliphatic carbocycles. The van der Waals surface area contributed by atoms with E-state index >= 15 is 0 Å². The van der Waals surface area contributed by atoms with Gasteiger partial charge in [-0.05, 0) is 49.4 Å². The summed E-state index contributed by atoms with van der Waals surface area (Å²) >= 11 is 5.88. The monoisotopic (exact) mass is 320 g/mol. The SMILES string of the molecule is CN1C(=O)CCC[C@H]2CN(C(=O)c3ccc(Cl)cc3)CC[C@H]21. The molecule has 2 amide bonds. The molecule has 0 spiro atoms. The molecule has 0 aromatic heterocycles. The van der Waals surface area contributed by atoms with Gasteiger partial charge in [-0.15, -0.1) is 0 Å². The van der Waals surface area contributed by atoms with Gasteiger partial charge in [0.1, 0.15) is 0 Å². The summed E-state index contributed by atoms with van der Waals surface area (Å²) in [6.07, 6.45) is 3.44. The number of likely N-dealkylation sites (tertiary alicyclic amines) is 2. The topological polar surface area (TPSA) is 40.6 Å². The number of carbonyl (C=O) groups excluding carboxylic acids is 2. The lowest BCUT2D eigenvalue weighted by atomic mass is 9.88. The number of carbonyl (C=O) groups is 2. The molecular weight excluding hydrogens is 300 g/mol. The third-order valence-electron chi connectivity index (χ3n) is 4.93. The fourth-order valence-electron chi connectivity index (χ4n) is 3.65. The molecule has 0 saturated carbocycles. The number of nitrogens with zero attached hydrogens (tertiary/aromatic N) is 2. The first-order chi connectivity index (χ1) is 10.6. The highest BCUT2D eigenvalue weighted by molar-refractivity contribution is 6.30. The quantitative estimate of drug-likeness (QED) is 0.798. The standard InChI is InChI=1S/C17H21ClN2O2/c1-19-15-9-10-20(11-13(15)3-2-4-16(19)21)17(22)12-5-7-14(18)8-6-12/h5-8,13,15H,2-4,9-11H2,1H3/t13-,15+/m0/s1. The summed E-state index contributed by atoms with van der Waals surface area (Å²) in [5.74, 6) is 0.694. The molecule has 5 heteroatoms. The second-order valence-electron chi connectivity index (χ2n) is 6.27. The minimum absolute atomic E-state index is 0.0633. The van der Waals surface area contributed by atoms with Crippen molar-refractivity contribution in [1.82, 2.24) is 9.80 Å². The maximum Gasteiger partial charge on any atom is 0.253 e. The molecule has 4 nitrogen and oxygen atoms in total. The normalized spacial score (nSPS) is 25.6. The van der Waals surface area contributed by atoms with Crippen LogP contribution in [0.4, 0.5) is 0 Å². The number of hydrogen-bond donors (Lipinski definition) is 0. The second-order valence-corrected chi connectivity index (χ2v) is 6.71. The summed E-state index contributed by atoms with van der Waals surface area (Å²) < 4.78 is 0. The molecule has 118 valence electrons. The third-order valence-corrected chi connectivity index (χ3v) is 5.18. The molecule has 1 aromatic rings. The van der Waals surface area contributed by atoms with E-state index in [9.17, 15) is 9.59 Å². The zero-order valence-corrected chi connectivity index (χ0v) is 13.6. The molecule has 1 aromatic carbocycles. The number of benzene rings is 1. The summed E-state index contributed by atoms with van der Waals surface area (Å²) in [4.78, 5) is 28.4. The Balaban J connectivity index is 1.72. The van der Waals surface area contributed by atoms with E-state index in [1.54, 1.807) is 24.3 Å². The van der Waals surface area contributed by atoms with Crippen molar-refractivity contribution < 1.29 is 9.59 Å². The van der Waals surface area contributed by atoms with Gasteiger partial charge in [0.05, 0.1) is 0 Å². The predicted octanol–water partition coefficient (Wildman–Crippen LogP) is 2.81. The summed E-state index contributed by atoms with van der Waals surface area (Å²) in [6, 6.07) is 7.34. The molecule has 22 heavy (non-hydrogen) atoms. The van der Waals surface area contributed by atoms with E-state index in [1.165, 1.54) is 0 Å². The maximum absolute atomic E-state index is 12.6. The second kappa shape index (κ2) is 6.29. The van der Waals surface area contributed by atoms with Crippen molar-refractivity contribution >= 4 is 23.4 Å². The fourth-order valence-corrected chi connectivity index (χ4v) is 3.78. The van der Waals surface area contributed by atoms with E-state index < -0.39 is 0 Å². The number of rotatable bonds is 1. The van der Waals surface area contributed by atoms with Crippen molar-refractivity contribution in [1.29, 1.82) is 0 Å². The van der Waals surface area contributed by atoms with Crippen LogP contribution in [0.25, 0.3) is 0 Å². The van der Waals surface area contributed by atoms with Crippen LogP contribution in [0, 0.1) is 5.92 Å².